The third kappa shape index (κ3) is 3.99. The third-order valence-corrected chi connectivity index (χ3v) is 4.86. The smallest absolute Gasteiger partial charge is 0.0408 e. The summed E-state index contributed by atoms with van der Waals surface area (Å²) in [6, 6.07) is 6.86. The van der Waals surface area contributed by atoms with Gasteiger partial charge in [-0.3, -0.25) is 0 Å². The van der Waals surface area contributed by atoms with Crippen molar-refractivity contribution < 1.29 is 0 Å². The second kappa shape index (κ2) is 7.47. The van der Waals surface area contributed by atoms with Crippen molar-refractivity contribution in [1.29, 1.82) is 0 Å². The van der Waals surface area contributed by atoms with Gasteiger partial charge in [-0.15, -0.1) is 0 Å². The van der Waals surface area contributed by atoms with Gasteiger partial charge in [0.25, 0.3) is 0 Å². The highest BCUT2D eigenvalue weighted by molar-refractivity contribution is 6.30. The van der Waals surface area contributed by atoms with Crippen molar-refractivity contribution >= 4 is 11.6 Å². The minimum absolute atomic E-state index is 0.495. The Hall–Kier alpha value is -0.530. The average molecular weight is 294 g/mol. The summed E-state index contributed by atoms with van der Waals surface area (Å²) < 4.78 is 0. The molecule has 112 valence electrons. The summed E-state index contributed by atoms with van der Waals surface area (Å²) in [4.78, 5) is 0. The first-order valence-electron chi connectivity index (χ1n) is 8.11. The first-order chi connectivity index (χ1) is 9.61. The van der Waals surface area contributed by atoms with Gasteiger partial charge in [0.15, 0.2) is 0 Å². The molecule has 0 radical (unpaired) electrons. The van der Waals surface area contributed by atoms with Crippen molar-refractivity contribution in [2.45, 2.75) is 58.9 Å². The average Bonchev–Trinajstić information content (AvgIpc) is 2.41. The Morgan fingerprint density at radius 3 is 2.80 bits per heavy atom. The molecule has 1 saturated carbocycles. The third-order valence-electron chi connectivity index (χ3n) is 4.63. The molecular formula is C18H28ClN. The van der Waals surface area contributed by atoms with Crippen LogP contribution in [0.25, 0.3) is 0 Å². The molecule has 1 nitrogen and oxygen atoms in total. The highest BCUT2D eigenvalue weighted by Crippen LogP contribution is 2.38. The number of aryl methyl sites for hydroxylation is 1. The lowest BCUT2D eigenvalue weighted by molar-refractivity contribution is 0.223. The van der Waals surface area contributed by atoms with Crippen molar-refractivity contribution in [2.75, 3.05) is 6.54 Å². The number of rotatable bonds is 5. The van der Waals surface area contributed by atoms with Crippen molar-refractivity contribution in [2.24, 2.45) is 11.8 Å². The van der Waals surface area contributed by atoms with E-state index in [1.54, 1.807) is 0 Å². The number of halogens is 1. The van der Waals surface area contributed by atoms with Crippen LogP contribution in [0.5, 0.6) is 0 Å². The Labute approximate surface area is 129 Å². The summed E-state index contributed by atoms with van der Waals surface area (Å²) >= 11 is 6.11. The molecule has 0 heterocycles. The van der Waals surface area contributed by atoms with Gasteiger partial charge >= 0.3 is 0 Å². The van der Waals surface area contributed by atoms with E-state index in [1.807, 2.05) is 6.07 Å². The molecule has 0 spiro atoms. The van der Waals surface area contributed by atoms with E-state index in [9.17, 15) is 0 Å². The molecule has 1 fully saturated rings. The standard InChI is InChI=1S/C18H28ClN/c1-4-10-20-18(15-7-5-6-13(2)11-15)17-9-8-16(19)12-14(17)3/h8-9,12-13,15,18,20H,4-7,10-11H2,1-3H3. The maximum Gasteiger partial charge on any atom is 0.0408 e. The lowest BCUT2D eigenvalue weighted by Gasteiger charge is -2.35. The Morgan fingerprint density at radius 2 is 2.15 bits per heavy atom. The molecule has 20 heavy (non-hydrogen) atoms. The highest BCUT2D eigenvalue weighted by atomic mass is 35.5. The molecule has 0 amide bonds. The highest BCUT2D eigenvalue weighted by Gasteiger charge is 2.28. The molecule has 1 N–H and O–H groups in total. The van der Waals surface area contributed by atoms with Gasteiger partial charge in [0, 0.05) is 11.1 Å². The minimum atomic E-state index is 0.495. The largest absolute Gasteiger partial charge is 0.310 e. The predicted molar refractivity (Wildman–Crippen MR) is 88.3 cm³/mol. The molecule has 2 heteroatoms. The van der Waals surface area contributed by atoms with Crippen LogP contribution < -0.4 is 5.32 Å². The van der Waals surface area contributed by atoms with E-state index < -0.39 is 0 Å². The van der Waals surface area contributed by atoms with E-state index in [2.05, 4.69) is 38.2 Å². The van der Waals surface area contributed by atoms with Crippen LogP contribution >= 0.6 is 11.6 Å². The monoisotopic (exact) mass is 293 g/mol. The summed E-state index contributed by atoms with van der Waals surface area (Å²) in [5.41, 5.74) is 2.77. The fraction of sp³-hybridized carbons (Fsp3) is 0.667. The molecule has 2 rings (SSSR count). The maximum atomic E-state index is 6.11. The zero-order valence-electron chi connectivity index (χ0n) is 13.1. The first kappa shape index (κ1) is 15.9. The Balaban J connectivity index is 2.21. The molecule has 3 atom stereocenters. The van der Waals surface area contributed by atoms with Crippen LogP contribution in [0.2, 0.25) is 5.02 Å². The topological polar surface area (TPSA) is 12.0 Å². The van der Waals surface area contributed by atoms with Gasteiger partial charge in [0.05, 0.1) is 0 Å². The van der Waals surface area contributed by atoms with Crippen molar-refractivity contribution in [1.82, 2.24) is 5.32 Å². The molecule has 0 aromatic heterocycles. The second-order valence-electron chi connectivity index (χ2n) is 6.46. The maximum absolute atomic E-state index is 6.11. The van der Waals surface area contributed by atoms with Gasteiger partial charge in [-0.1, -0.05) is 44.4 Å². The van der Waals surface area contributed by atoms with E-state index in [0.717, 1.165) is 23.4 Å². The van der Waals surface area contributed by atoms with Crippen LogP contribution in [0.1, 0.15) is 63.1 Å². The van der Waals surface area contributed by atoms with E-state index in [1.165, 1.54) is 43.2 Å². The molecule has 0 saturated heterocycles. The van der Waals surface area contributed by atoms with Gasteiger partial charge in [-0.25, -0.2) is 0 Å². The summed E-state index contributed by atoms with van der Waals surface area (Å²) in [7, 11) is 0. The predicted octanol–water partition coefficient (Wildman–Crippen LogP) is 5.52. The van der Waals surface area contributed by atoms with E-state index in [0.29, 0.717) is 6.04 Å². The molecule has 0 bridgehead atoms. The molecular weight excluding hydrogens is 266 g/mol. The van der Waals surface area contributed by atoms with Crippen LogP contribution in [0, 0.1) is 18.8 Å². The molecule has 1 aromatic carbocycles. The summed E-state index contributed by atoms with van der Waals surface area (Å²) in [5.74, 6) is 1.64. The molecule has 1 aliphatic carbocycles. The van der Waals surface area contributed by atoms with Gasteiger partial charge < -0.3 is 5.32 Å². The second-order valence-corrected chi connectivity index (χ2v) is 6.90. The van der Waals surface area contributed by atoms with Crippen LogP contribution in [-0.4, -0.2) is 6.54 Å². The van der Waals surface area contributed by atoms with E-state index >= 15 is 0 Å². The van der Waals surface area contributed by atoms with Crippen LogP contribution in [0.15, 0.2) is 18.2 Å². The van der Waals surface area contributed by atoms with E-state index in [-0.39, 0.29) is 0 Å². The van der Waals surface area contributed by atoms with Crippen LogP contribution in [-0.2, 0) is 0 Å². The normalized spacial score (nSPS) is 24.6. The van der Waals surface area contributed by atoms with Gasteiger partial charge in [-0.05, 0) is 67.8 Å². The SMILES string of the molecule is CCCNC(c1ccc(Cl)cc1C)C1CCCC(C)C1. The Kier molecular flexibility index (Phi) is 5.92. The molecule has 3 unspecified atom stereocenters. The lowest BCUT2D eigenvalue weighted by atomic mass is 9.76. The Morgan fingerprint density at radius 1 is 1.35 bits per heavy atom. The number of nitrogens with one attached hydrogen (secondary N) is 1. The molecule has 0 aliphatic heterocycles. The number of benzene rings is 1. The fourth-order valence-corrected chi connectivity index (χ4v) is 3.83. The van der Waals surface area contributed by atoms with Crippen molar-refractivity contribution in [3.63, 3.8) is 0 Å². The van der Waals surface area contributed by atoms with E-state index in [4.69, 9.17) is 11.6 Å². The Bertz CT molecular complexity index is 429. The van der Waals surface area contributed by atoms with Crippen LogP contribution in [0.4, 0.5) is 0 Å². The first-order valence-corrected chi connectivity index (χ1v) is 8.49. The molecule has 1 aliphatic rings. The van der Waals surface area contributed by atoms with Gasteiger partial charge in [0.1, 0.15) is 0 Å². The zero-order chi connectivity index (χ0) is 14.5. The number of hydrogen-bond acceptors (Lipinski definition) is 1. The quantitative estimate of drug-likeness (QED) is 0.754. The summed E-state index contributed by atoms with van der Waals surface area (Å²) in [6.07, 6.45) is 6.67. The number of hydrogen-bond donors (Lipinski definition) is 1. The van der Waals surface area contributed by atoms with Gasteiger partial charge in [-0.2, -0.15) is 0 Å². The van der Waals surface area contributed by atoms with Crippen molar-refractivity contribution in [3.8, 4) is 0 Å². The van der Waals surface area contributed by atoms with Crippen LogP contribution in [0.3, 0.4) is 0 Å². The summed E-state index contributed by atoms with van der Waals surface area (Å²) in [5, 5.41) is 4.64. The summed E-state index contributed by atoms with van der Waals surface area (Å²) in [6.45, 7) is 7.92. The molecule has 1 aromatic rings. The van der Waals surface area contributed by atoms with Crippen molar-refractivity contribution in [3.05, 3.63) is 34.3 Å². The fourth-order valence-electron chi connectivity index (χ4n) is 3.60. The minimum Gasteiger partial charge on any atom is -0.310 e. The van der Waals surface area contributed by atoms with Gasteiger partial charge in [0.2, 0.25) is 0 Å². The zero-order valence-corrected chi connectivity index (χ0v) is 13.8. The lowest BCUT2D eigenvalue weighted by Crippen LogP contribution is -2.32.